The van der Waals surface area contributed by atoms with Crippen molar-refractivity contribution < 1.29 is 28.5 Å². The van der Waals surface area contributed by atoms with E-state index < -0.39 is 0 Å². The molecule has 33 heavy (non-hydrogen) atoms. The van der Waals surface area contributed by atoms with Gasteiger partial charge in [-0.1, -0.05) is 0 Å². The Morgan fingerprint density at radius 1 is 0.970 bits per heavy atom. The fraction of sp³-hybridized carbons (Fsp3) is 0.417. The number of ether oxygens (including phenoxy) is 4. The minimum absolute atomic E-state index is 0.120. The summed E-state index contributed by atoms with van der Waals surface area (Å²) in [5, 5.41) is 2.89. The maximum Gasteiger partial charge on any atom is 0.256 e. The van der Waals surface area contributed by atoms with Crippen LogP contribution in [0.25, 0.3) is 0 Å². The monoisotopic (exact) mass is 472 g/mol. The van der Waals surface area contributed by atoms with Gasteiger partial charge in [-0.15, -0.1) is 11.8 Å². The number of benzene rings is 2. The lowest BCUT2D eigenvalue weighted by Gasteiger charge is -2.28. The average Bonchev–Trinajstić information content (AvgIpc) is 2.87. The molecule has 2 aliphatic heterocycles. The second-order valence-corrected chi connectivity index (χ2v) is 8.80. The van der Waals surface area contributed by atoms with E-state index in [0.717, 1.165) is 24.2 Å². The highest BCUT2D eigenvalue weighted by molar-refractivity contribution is 8.00. The van der Waals surface area contributed by atoms with Crippen LogP contribution in [-0.4, -0.2) is 63.0 Å². The molecule has 0 atom stereocenters. The van der Waals surface area contributed by atoms with Crippen molar-refractivity contribution in [2.75, 3.05) is 51.6 Å². The maximum atomic E-state index is 13.2. The van der Waals surface area contributed by atoms with E-state index in [0.29, 0.717) is 60.6 Å². The van der Waals surface area contributed by atoms with Gasteiger partial charge < -0.3 is 29.2 Å². The molecule has 176 valence electrons. The number of methoxy groups -OCH3 is 2. The largest absolute Gasteiger partial charge is 0.493 e. The van der Waals surface area contributed by atoms with Gasteiger partial charge in [-0.3, -0.25) is 9.59 Å². The van der Waals surface area contributed by atoms with Crippen LogP contribution in [0.15, 0.2) is 35.2 Å². The molecule has 0 aromatic heterocycles. The normalized spacial score (nSPS) is 15.0. The van der Waals surface area contributed by atoms with Crippen LogP contribution in [0.2, 0.25) is 0 Å². The van der Waals surface area contributed by atoms with Gasteiger partial charge >= 0.3 is 0 Å². The Kier molecular flexibility index (Phi) is 7.49. The van der Waals surface area contributed by atoms with Crippen molar-refractivity contribution in [2.24, 2.45) is 0 Å². The van der Waals surface area contributed by atoms with Gasteiger partial charge in [0, 0.05) is 24.1 Å². The van der Waals surface area contributed by atoms with Crippen molar-refractivity contribution in [3.8, 4) is 23.0 Å². The molecule has 2 amide bonds. The highest BCUT2D eigenvalue weighted by Gasteiger charge is 2.24. The lowest BCUT2D eigenvalue weighted by molar-refractivity contribution is -0.113. The molecule has 8 nitrogen and oxygen atoms in total. The van der Waals surface area contributed by atoms with Crippen LogP contribution in [0.3, 0.4) is 0 Å². The molecule has 4 rings (SSSR count). The summed E-state index contributed by atoms with van der Waals surface area (Å²) in [5.41, 5.74) is 0.809. The lowest BCUT2D eigenvalue weighted by Crippen LogP contribution is -2.36. The van der Waals surface area contributed by atoms with Crippen LogP contribution >= 0.6 is 11.8 Å². The van der Waals surface area contributed by atoms with E-state index >= 15 is 0 Å². The molecule has 2 aromatic rings. The Morgan fingerprint density at radius 2 is 1.67 bits per heavy atom. The van der Waals surface area contributed by atoms with Gasteiger partial charge in [-0.25, -0.2) is 0 Å². The van der Waals surface area contributed by atoms with Crippen LogP contribution < -0.4 is 24.3 Å². The van der Waals surface area contributed by atoms with E-state index in [1.54, 1.807) is 12.1 Å². The summed E-state index contributed by atoms with van der Waals surface area (Å²) in [4.78, 5) is 28.7. The highest BCUT2D eigenvalue weighted by Crippen LogP contribution is 2.36. The SMILES string of the molecule is COc1cc(NC(=O)CSc2ccc3c(c2)OCCO3)c(C(=O)N2CCCCC2)cc1OC. The first-order chi connectivity index (χ1) is 16.1. The third-order valence-corrected chi connectivity index (χ3v) is 6.55. The van der Waals surface area contributed by atoms with Crippen molar-refractivity contribution in [1.29, 1.82) is 0 Å². The van der Waals surface area contributed by atoms with Crippen molar-refractivity contribution in [3.05, 3.63) is 35.9 Å². The molecule has 1 fully saturated rings. The molecule has 1 saturated heterocycles. The van der Waals surface area contributed by atoms with E-state index in [2.05, 4.69) is 5.32 Å². The van der Waals surface area contributed by atoms with Crippen molar-refractivity contribution in [3.63, 3.8) is 0 Å². The zero-order chi connectivity index (χ0) is 23.2. The standard InChI is InChI=1S/C24H28N2O6S/c1-29-20-13-17(24(28)26-8-4-3-5-9-26)18(14-21(20)30-2)25-23(27)15-33-16-6-7-19-22(12-16)32-11-10-31-19/h6-7,12-14H,3-5,8-11,15H2,1-2H3,(H,25,27). The van der Waals surface area contributed by atoms with Gasteiger partial charge in [0.25, 0.3) is 5.91 Å². The third kappa shape index (κ3) is 5.47. The van der Waals surface area contributed by atoms with E-state index in [-0.39, 0.29) is 17.6 Å². The quantitative estimate of drug-likeness (QED) is 0.613. The molecule has 0 saturated carbocycles. The lowest BCUT2D eigenvalue weighted by atomic mass is 10.1. The number of carbonyl (C=O) groups excluding carboxylic acids is 2. The van der Waals surface area contributed by atoms with E-state index in [9.17, 15) is 9.59 Å². The molecular formula is C24H28N2O6S. The number of carbonyl (C=O) groups is 2. The van der Waals surface area contributed by atoms with E-state index in [1.165, 1.54) is 26.0 Å². The Hall–Kier alpha value is -3.07. The highest BCUT2D eigenvalue weighted by atomic mass is 32.2. The van der Waals surface area contributed by atoms with Crippen LogP contribution in [-0.2, 0) is 4.79 Å². The molecule has 0 spiro atoms. The number of rotatable bonds is 7. The van der Waals surface area contributed by atoms with Gasteiger partial charge in [0.1, 0.15) is 13.2 Å². The first-order valence-corrected chi connectivity index (χ1v) is 11.9. The first kappa shape index (κ1) is 23.1. The predicted molar refractivity (Wildman–Crippen MR) is 126 cm³/mol. The van der Waals surface area contributed by atoms with E-state index in [1.807, 2.05) is 23.1 Å². The fourth-order valence-electron chi connectivity index (χ4n) is 3.88. The molecule has 2 aliphatic rings. The van der Waals surface area contributed by atoms with Crippen LogP contribution in [0.4, 0.5) is 5.69 Å². The molecule has 1 N–H and O–H groups in total. The molecule has 0 unspecified atom stereocenters. The Bertz CT molecular complexity index is 1020. The van der Waals surface area contributed by atoms with Gasteiger partial charge in [-0.2, -0.15) is 0 Å². The van der Waals surface area contributed by atoms with E-state index in [4.69, 9.17) is 18.9 Å². The minimum atomic E-state index is -0.227. The molecule has 2 heterocycles. The maximum absolute atomic E-state index is 13.2. The van der Waals surface area contributed by atoms with Crippen molar-refractivity contribution in [2.45, 2.75) is 24.2 Å². The minimum Gasteiger partial charge on any atom is -0.493 e. The third-order valence-electron chi connectivity index (χ3n) is 5.56. The fourth-order valence-corrected chi connectivity index (χ4v) is 4.60. The van der Waals surface area contributed by atoms with Crippen molar-refractivity contribution >= 4 is 29.3 Å². The Labute approximate surface area is 197 Å². The summed E-state index contributed by atoms with van der Waals surface area (Å²) in [5.74, 6) is 2.11. The number of nitrogens with one attached hydrogen (secondary N) is 1. The summed E-state index contributed by atoms with van der Waals surface area (Å²) in [7, 11) is 3.04. The number of piperidine rings is 1. The number of fused-ring (bicyclic) bond motifs is 1. The van der Waals surface area contributed by atoms with Crippen LogP contribution in [0, 0.1) is 0 Å². The average molecular weight is 473 g/mol. The predicted octanol–water partition coefficient (Wildman–Crippen LogP) is 3.83. The summed E-state index contributed by atoms with van der Waals surface area (Å²) >= 11 is 1.38. The second-order valence-electron chi connectivity index (χ2n) is 7.75. The Balaban J connectivity index is 1.49. The number of anilines is 1. The summed E-state index contributed by atoms with van der Waals surface area (Å²) < 4.78 is 21.9. The molecule has 2 aromatic carbocycles. The van der Waals surface area contributed by atoms with Crippen molar-refractivity contribution in [1.82, 2.24) is 4.90 Å². The number of amides is 2. The van der Waals surface area contributed by atoms with Gasteiger partial charge in [0.2, 0.25) is 5.91 Å². The number of nitrogens with zero attached hydrogens (tertiary/aromatic N) is 1. The summed E-state index contributed by atoms with van der Waals surface area (Å²) in [6, 6.07) is 8.89. The second kappa shape index (κ2) is 10.7. The molecule has 0 radical (unpaired) electrons. The molecule has 0 aliphatic carbocycles. The zero-order valence-electron chi connectivity index (χ0n) is 18.8. The number of hydrogen-bond donors (Lipinski definition) is 1. The zero-order valence-corrected chi connectivity index (χ0v) is 19.7. The Morgan fingerprint density at radius 3 is 2.39 bits per heavy atom. The number of hydrogen-bond acceptors (Lipinski definition) is 7. The molecule has 9 heteroatoms. The number of likely N-dealkylation sites (tertiary alicyclic amines) is 1. The number of thioether (sulfide) groups is 1. The van der Waals surface area contributed by atoms with Crippen LogP contribution in [0.1, 0.15) is 29.6 Å². The smallest absolute Gasteiger partial charge is 0.256 e. The summed E-state index contributed by atoms with van der Waals surface area (Å²) in [6.45, 7) is 2.46. The van der Waals surface area contributed by atoms with Crippen LogP contribution in [0.5, 0.6) is 23.0 Å². The molecule has 0 bridgehead atoms. The summed E-state index contributed by atoms with van der Waals surface area (Å²) in [6.07, 6.45) is 3.08. The van der Waals surface area contributed by atoms with Gasteiger partial charge in [-0.05, 0) is 43.5 Å². The molecular weight excluding hydrogens is 444 g/mol. The van der Waals surface area contributed by atoms with Gasteiger partial charge in [0.15, 0.2) is 23.0 Å². The topological polar surface area (TPSA) is 86.3 Å². The van der Waals surface area contributed by atoms with Gasteiger partial charge in [0.05, 0.1) is 31.2 Å². The first-order valence-electron chi connectivity index (χ1n) is 11.0.